The monoisotopic (exact) mass is 472 g/mol. The number of piperazine rings is 1. The van der Waals surface area contributed by atoms with E-state index in [-0.39, 0.29) is 18.8 Å². The van der Waals surface area contributed by atoms with Gasteiger partial charge < -0.3 is 9.64 Å². The van der Waals surface area contributed by atoms with Gasteiger partial charge in [0, 0.05) is 50.4 Å². The Morgan fingerprint density at radius 1 is 1.03 bits per heavy atom. The fourth-order valence-corrected chi connectivity index (χ4v) is 4.19. The van der Waals surface area contributed by atoms with E-state index in [4.69, 9.17) is 0 Å². The highest BCUT2D eigenvalue weighted by Gasteiger charge is 2.29. The van der Waals surface area contributed by atoms with Crippen LogP contribution >= 0.6 is 0 Å². The lowest BCUT2D eigenvalue weighted by Gasteiger charge is -2.33. The Morgan fingerprint density at radius 2 is 1.69 bits per heavy atom. The summed E-state index contributed by atoms with van der Waals surface area (Å²) in [5, 5.41) is 1.22. The van der Waals surface area contributed by atoms with Crippen molar-refractivity contribution in [1.82, 2.24) is 24.2 Å². The summed E-state index contributed by atoms with van der Waals surface area (Å²) in [7, 11) is -3.53. The number of halogens is 3. The minimum Gasteiger partial charge on any atom is -0.481 e. The van der Waals surface area contributed by atoms with Crippen LogP contribution in [0.3, 0.4) is 0 Å². The first kappa shape index (κ1) is 23.9. The van der Waals surface area contributed by atoms with Gasteiger partial charge in [-0.05, 0) is 18.9 Å². The predicted molar refractivity (Wildman–Crippen MR) is 110 cm³/mol. The van der Waals surface area contributed by atoms with Crippen molar-refractivity contribution in [3.63, 3.8) is 0 Å². The van der Waals surface area contributed by atoms with E-state index in [2.05, 4.69) is 24.7 Å². The van der Waals surface area contributed by atoms with Gasteiger partial charge in [0.15, 0.2) is 12.4 Å². The highest BCUT2D eigenvalue weighted by atomic mass is 32.2. The van der Waals surface area contributed by atoms with E-state index < -0.39 is 22.8 Å². The molecule has 2 aromatic heterocycles. The molecule has 0 bridgehead atoms. The molecule has 0 aromatic carbocycles. The Hall–Kier alpha value is -2.80. The van der Waals surface area contributed by atoms with Crippen LogP contribution in [0.15, 0.2) is 42.3 Å². The van der Waals surface area contributed by atoms with Gasteiger partial charge in [-0.15, -0.1) is 0 Å². The van der Waals surface area contributed by atoms with Crippen molar-refractivity contribution in [3.05, 3.63) is 48.2 Å². The van der Waals surface area contributed by atoms with Gasteiger partial charge in [0.2, 0.25) is 16.0 Å². The van der Waals surface area contributed by atoms with Crippen LogP contribution in [-0.4, -0.2) is 71.6 Å². The maximum atomic E-state index is 12.5. The Kier molecular flexibility index (Phi) is 7.96. The molecule has 0 radical (unpaired) electrons. The Bertz CT molecular complexity index is 980. The second-order valence-corrected chi connectivity index (χ2v) is 8.80. The van der Waals surface area contributed by atoms with E-state index >= 15 is 0 Å². The fraction of sp³-hybridized carbons (Fsp3) is 0.474. The average Bonchev–Trinajstić information content (AvgIpc) is 2.78. The highest BCUT2D eigenvalue weighted by molar-refractivity contribution is 7.92. The van der Waals surface area contributed by atoms with Crippen LogP contribution in [0.2, 0.25) is 0 Å². The van der Waals surface area contributed by atoms with Gasteiger partial charge in [0.05, 0.1) is 12.4 Å². The standard InChI is InChI=1S/C19H23F3N6O3S/c20-19(21,22)15-31-16-13-25-18(26-14-16)27-8-10-28(11-9-27)32(29,30)12-3-1-2-5-17-23-6-4-7-24-17/h3-4,6-7,12-14H,1-2,5,8-11,15H2/b12-3+. The van der Waals surface area contributed by atoms with E-state index in [1.54, 1.807) is 29.4 Å². The van der Waals surface area contributed by atoms with Crippen molar-refractivity contribution in [3.8, 4) is 5.75 Å². The van der Waals surface area contributed by atoms with Crippen molar-refractivity contribution in [2.24, 2.45) is 0 Å². The van der Waals surface area contributed by atoms with E-state index in [0.29, 0.717) is 31.9 Å². The van der Waals surface area contributed by atoms with E-state index in [0.717, 1.165) is 12.2 Å². The van der Waals surface area contributed by atoms with Crippen molar-refractivity contribution in [2.45, 2.75) is 25.4 Å². The molecule has 0 amide bonds. The molecule has 32 heavy (non-hydrogen) atoms. The number of aromatic nitrogens is 4. The van der Waals surface area contributed by atoms with Crippen LogP contribution in [0, 0.1) is 0 Å². The molecule has 174 valence electrons. The van der Waals surface area contributed by atoms with Crippen molar-refractivity contribution in [1.29, 1.82) is 0 Å². The highest BCUT2D eigenvalue weighted by Crippen LogP contribution is 2.19. The van der Waals surface area contributed by atoms with Gasteiger partial charge in [-0.1, -0.05) is 6.08 Å². The van der Waals surface area contributed by atoms with E-state index in [9.17, 15) is 21.6 Å². The van der Waals surface area contributed by atoms with Gasteiger partial charge in [-0.25, -0.2) is 28.4 Å². The van der Waals surface area contributed by atoms with Crippen LogP contribution in [-0.2, 0) is 16.4 Å². The van der Waals surface area contributed by atoms with E-state index in [1.165, 1.54) is 22.1 Å². The molecule has 2 aromatic rings. The van der Waals surface area contributed by atoms with Crippen LogP contribution in [0.1, 0.15) is 18.7 Å². The number of sulfonamides is 1. The Balaban J connectivity index is 1.43. The summed E-state index contributed by atoms with van der Waals surface area (Å²) in [6, 6.07) is 1.74. The summed E-state index contributed by atoms with van der Waals surface area (Å²) in [4.78, 5) is 18.0. The largest absolute Gasteiger partial charge is 0.481 e. The third kappa shape index (κ3) is 7.41. The summed E-state index contributed by atoms with van der Waals surface area (Å²) < 4.78 is 67.6. The smallest absolute Gasteiger partial charge is 0.422 e. The number of unbranched alkanes of at least 4 members (excludes halogenated alkanes) is 1. The van der Waals surface area contributed by atoms with Gasteiger partial charge in [-0.3, -0.25) is 0 Å². The van der Waals surface area contributed by atoms with Crippen molar-refractivity contribution >= 4 is 16.0 Å². The Labute approximate surface area is 184 Å². The third-order valence-electron chi connectivity index (χ3n) is 4.56. The molecule has 0 aliphatic carbocycles. The molecular weight excluding hydrogens is 449 g/mol. The number of hydrogen-bond donors (Lipinski definition) is 0. The SMILES string of the molecule is O=S(=O)(/C=C/CCCc1ncccn1)N1CCN(c2ncc(OCC(F)(F)F)cn2)CC1. The zero-order valence-corrected chi connectivity index (χ0v) is 18.0. The van der Waals surface area contributed by atoms with Crippen LogP contribution in [0.25, 0.3) is 0 Å². The van der Waals surface area contributed by atoms with Crippen molar-refractivity contribution < 1.29 is 26.3 Å². The molecule has 1 saturated heterocycles. The number of hydrogen-bond acceptors (Lipinski definition) is 8. The minimum absolute atomic E-state index is 0.0868. The Morgan fingerprint density at radius 3 is 2.31 bits per heavy atom. The number of alkyl halides is 3. The number of aryl methyl sites for hydroxylation is 1. The lowest BCUT2D eigenvalue weighted by molar-refractivity contribution is -0.153. The molecule has 1 fully saturated rings. The molecule has 0 unspecified atom stereocenters. The van der Waals surface area contributed by atoms with Crippen LogP contribution in [0.4, 0.5) is 19.1 Å². The first-order valence-electron chi connectivity index (χ1n) is 9.92. The summed E-state index contributed by atoms with van der Waals surface area (Å²) in [5.41, 5.74) is 0. The summed E-state index contributed by atoms with van der Waals surface area (Å²) in [6.45, 7) is -0.192. The summed E-state index contributed by atoms with van der Waals surface area (Å²) >= 11 is 0. The number of allylic oxidation sites excluding steroid dienone is 1. The van der Waals surface area contributed by atoms with Gasteiger partial charge in [0.25, 0.3) is 0 Å². The lowest BCUT2D eigenvalue weighted by atomic mass is 10.2. The summed E-state index contributed by atoms with van der Waals surface area (Å²) in [5.74, 6) is 0.943. The fourth-order valence-electron chi connectivity index (χ4n) is 2.97. The number of anilines is 1. The van der Waals surface area contributed by atoms with Crippen LogP contribution < -0.4 is 9.64 Å². The maximum Gasteiger partial charge on any atom is 0.422 e. The zero-order valence-electron chi connectivity index (χ0n) is 17.1. The molecule has 0 N–H and O–H groups in total. The average molecular weight is 472 g/mol. The lowest BCUT2D eigenvalue weighted by Crippen LogP contribution is -2.48. The second kappa shape index (κ2) is 10.7. The number of rotatable bonds is 9. The topological polar surface area (TPSA) is 101 Å². The number of nitrogens with zero attached hydrogens (tertiary/aromatic N) is 6. The van der Waals surface area contributed by atoms with Gasteiger partial charge >= 0.3 is 6.18 Å². The summed E-state index contributed by atoms with van der Waals surface area (Å²) in [6.07, 6.45) is 4.87. The molecule has 0 saturated carbocycles. The minimum atomic E-state index is -4.44. The molecule has 1 aliphatic heterocycles. The number of ether oxygens (including phenoxy) is 1. The molecule has 3 heterocycles. The normalized spacial score (nSPS) is 15.9. The molecule has 0 spiro atoms. The molecule has 13 heteroatoms. The maximum absolute atomic E-state index is 12.5. The zero-order chi connectivity index (χ0) is 23.0. The van der Waals surface area contributed by atoms with Gasteiger partial charge in [0.1, 0.15) is 5.82 Å². The quantitative estimate of drug-likeness (QED) is 0.512. The van der Waals surface area contributed by atoms with Crippen LogP contribution in [0.5, 0.6) is 5.75 Å². The first-order valence-corrected chi connectivity index (χ1v) is 11.4. The molecular formula is C19H23F3N6O3S. The predicted octanol–water partition coefficient (Wildman–Crippen LogP) is 2.20. The molecule has 9 nitrogen and oxygen atoms in total. The first-order chi connectivity index (χ1) is 15.2. The molecule has 1 aliphatic rings. The molecule has 3 rings (SSSR count). The third-order valence-corrected chi connectivity index (χ3v) is 6.18. The molecule has 0 atom stereocenters. The van der Waals surface area contributed by atoms with Gasteiger partial charge in [-0.2, -0.15) is 17.5 Å². The van der Waals surface area contributed by atoms with E-state index in [1.807, 2.05) is 0 Å². The van der Waals surface area contributed by atoms with Crippen molar-refractivity contribution in [2.75, 3.05) is 37.7 Å². The second-order valence-electron chi connectivity index (χ2n) is 6.98.